The maximum absolute atomic E-state index is 12.6. The average Bonchev–Trinajstić information content (AvgIpc) is 3.05. The summed E-state index contributed by atoms with van der Waals surface area (Å²) < 4.78 is 28.1. The largest absolute Gasteiger partial charge is 0.381 e. The average molecular weight is 328 g/mol. The van der Waals surface area contributed by atoms with E-state index in [0.717, 1.165) is 4.88 Å². The van der Waals surface area contributed by atoms with Crippen LogP contribution in [-0.4, -0.2) is 29.2 Å². The van der Waals surface area contributed by atoms with Crippen molar-refractivity contribution < 1.29 is 8.42 Å². The van der Waals surface area contributed by atoms with Crippen molar-refractivity contribution in [3.63, 3.8) is 0 Å². The highest BCUT2D eigenvalue weighted by atomic mass is 32.2. The Kier molecular flexibility index (Phi) is 3.28. The van der Waals surface area contributed by atoms with Gasteiger partial charge in [-0.3, -0.25) is 4.40 Å². The summed E-state index contributed by atoms with van der Waals surface area (Å²) in [5.41, 5.74) is 5.77. The quantitative estimate of drug-likeness (QED) is 0.792. The highest BCUT2D eigenvalue weighted by Gasteiger charge is 2.29. The Labute approximate surface area is 124 Å². The van der Waals surface area contributed by atoms with E-state index >= 15 is 0 Å². The van der Waals surface area contributed by atoms with Crippen LogP contribution in [0.4, 0.5) is 5.82 Å². The Hall–Kier alpha value is -1.42. The molecule has 0 spiro atoms. The first kappa shape index (κ1) is 13.6. The van der Waals surface area contributed by atoms with Gasteiger partial charge in [0.25, 0.3) is 10.0 Å². The summed E-state index contributed by atoms with van der Waals surface area (Å²) in [4.78, 5) is 5.62. The van der Waals surface area contributed by atoms with Gasteiger partial charge in [0.05, 0.1) is 0 Å². The van der Waals surface area contributed by atoms with Crippen LogP contribution in [0, 0.1) is 0 Å². The number of rotatable bonds is 4. The summed E-state index contributed by atoms with van der Waals surface area (Å²) in [5, 5.41) is 3.73. The summed E-state index contributed by atoms with van der Waals surface area (Å²) in [6.07, 6.45) is 1.66. The van der Waals surface area contributed by atoms with Crippen LogP contribution in [0.25, 0.3) is 4.96 Å². The van der Waals surface area contributed by atoms with Crippen molar-refractivity contribution in [1.29, 1.82) is 0 Å². The number of nitrogens with zero attached hydrogens (tertiary/aromatic N) is 3. The zero-order valence-corrected chi connectivity index (χ0v) is 13.0. The number of anilines is 1. The fourth-order valence-electron chi connectivity index (χ4n) is 1.89. The number of thiophene rings is 1. The van der Waals surface area contributed by atoms with Crippen LogP contribution >= 0.6 is 22.7 Å². The van der Waals surface area contributed by atoms with Crippen LogP contribution in [0.5, 0.6) is 0 Å². The Morgan fingerprint density at radius 1 is 1.40 bits per heavy atom. The minimum atomic E-state index is -3.68. The summed E-state index contributed by atoms with van der Waals surface area (Å²) in [5.74, 6) is 0.0369. The number of nitrogens with two attached hydrogens (primary N) is 1. The molecule has 0 aromatic carbocycles. The molecule has 0 saturated heterocycles. The molecule has 0 aliphatic carbocycles. The van der Waals surface area contributed by atoms with Crippen molar-refractivity contribution >= 4 is 43.5 Å². The van der Waals surface area contributed by atoms with E-state index < -0.39 is 10.0 Å². The molecular weight excluding hydrogens is 316 g/mol. The molecule has 3 rings (SSSR count). The smallest absolute Gasteiger partial charge is 0.262 e. The van der Waals surface area contributed by atoms with E-state index in [1.807, 2.05) is 17.5 Å². The van der Waals surface area contributed by atoms with Gasteiger partial charge in [-0.2, -0.15) is 4.31 Å². The van der Waals surface area contributed by atoms with E-state index in [4.69, 9.17) is 5.73 Å². The van der Waals surface area contributed by atoms with Gasteiger partial charge in [0.1, 0.15) is 0 Å². The predicted molar refractivity (Wildman–Crippen MR) is 80.5 cm³/mol. The zero-order valence-electron chi connectivity index (χ0n) is 10.6. The van der Waals surface area contributed by atoms with Crippen molar-refractivity contribution in [2.45, 2.75) is 11.6 Å². The van der Waals surface area contributed by atoms with E-state index in [9.17, 15) is 8.42 Å². The van der Waals surface area contributed by atoms with Gasteiger partial charge >= 0.3 is 0 Å². The molecule has 3 aromatic heterocycles. The van der Waals surface area contributed by atoms with Crippen LogP contribution in [-0.2, 0) is 16.6 Å². The van der Waals surface area contributed by atoms with Crippen molar-refractivity contribution in [2.24, 2.45) is 0 Å². The molecule has 106 valence electrons. The van der Waals surface area contributed by atoms with E-state index in [1.165, 1.54) is 31.4 Å². The van der Waals surface area contributed by atoms with E-state index in [0.29, 0.717) is 11.5 Å². The van der Waals surface area contributed by atoms with Crippen molar-refractivity contribution in [3.05, 3.63) is 34.0 Å². The molecule has 3 aromatic rings. The van der Waals surface area contributed by atoms with Crippen LogP contribution in [0.3, 0.4) is 0 Å². The molecule has 9 heteroatoms. The molecule has 0 atom stereocenters. The molecule has 0 aliphatic rings. The molecule has 0 fully saturated rings. The third kappa shape index (κ3) is 2.12. The van der Waals surface area contributed by atoms with Gasteiger partial charge in [0.15, 0.2) is 15.8 Å². The van der Waals surface area contributed by atoms with Crippen molar-refractivity contribution in [3.8, 4) is 0 Å². The second kappa shape index (κ2) is 4.85. The van der Waals surface area contributed by atoms with Gasteiger partial charge in [0, 0.05) is 30.0 Å². The fraction of sp³-hybridized carbons (Fsp3) is 0.182. The molecule has 0 saturated carbocycles. The molecule has 0 radical (unpaired) electrons. The lowest BCUT2D eigenvalue weighted by Crippen LogP contribution is -2.27. The fourth-order valence-corrected chi connectivity index (χ4v) is 4.82. The second-order valence-corrected chi connectivity index (χ2v) is 8.06. The molecule has 0 unspecified atom stereocenters. The monoisotopic (exact) mass is 328 g/mol. The van der Waals surface area contributed by atoms with Gasteiger partial charge in [-0.05, 0) is 11.4 Å². The Bertz CT molecular complexity index is 832. The number of sulfonamides is 1. The van der Waals surface area contributed by atoms with Gasteiger partial charge in [0.2, 0.25) is 0 Å². The number of aromatic nitrogens is 2. The maximum Gasteiger partial charge on any atom is 0.262 e. The second-order valence-electron chi connectivity index (χ2n) is 4.20. The van der Waals surface area contributed by atoms with E-state index in [1.54, 1.807) is 18.6 Å². The van der Waals surface area contributed by atoms with Crippen LogP contribution in [0.1, 0.15) is 4.88 Å². The highest BCUT2D eigenvalue weighted by molar-refractivity contribution is 7.89. The van der Waals surface area contributed by atoms with Crippen LogP contribution in [0.2, 0.25) is 0 Å². The topological polar surface area (TPSA) is 80.7 Å². The van der Waals surface area contributed by atoms with Gasteiger partial charge < -0.3 is 5.73 Å². The minimum Gasteiger partial charge on any atom is -0.381 e. The number of imidazole rings is 1. The van der Waals surface area contributed by atoms with Crippen LogP contribution in [0.15, 0.2) is 34.1 Å². The first-order chi connectivity index (χ1) is 9.50. The van der Waals surface area contributed by atoms with Gasteiger partial charge in [-0.1, -0.05) is 6.07 Å². The number of nitrogen functional groups attached to an aromatic ring is 1. The van der Waals surface area contributed by atoms with E-state index in [2.05, 4.69) is 4.98 Å². The van der Waals surface area contributed by atoms with Crippen molar-refractivity contribution in [2.75, 3.05) is 12.8 Å². The van der Waals surface area contributed by atoms with Crippen LogP contribution < -0.4 is 5.73 Å². The van der Waals surface area contributed by atoms with E-state index in [-0.39, 0.29) is 10.8 Å². The normalized spacial score (nSPS) is 12.5. The first-order valence-electron chi connectivity index (χ1n) is 5.70. The molecule has 2 N–H and O–H groups in total. The summed E-state index contributed by atoms with van der Waals surface area (Å²) in [6, 6.07) is 3.79. The molecule has 0 amide bonds. The predicted octanol–water partition coefficient (Wildman–Crippen LogP) is 1.86. The number of hydrogen-bond acceptors (Lipinski definition) is 6. The molecule has 3 heterocycles. The lowest BCUT2D eigenvalue weighted by molar-refractivity contribution is 0.466. The third-order valence-electron chi connectivity index (χ3n) is 2.86. The van der Waals surface area contributed by atoms with Gasteiger partial charge in [-0.15, -0.1) is 22.7 Å². The minimum absolute atomic E-state index is 0.0350. The van der Waals surface area contributed by atoms with Crippen molar-refractivity contribution in [1.82, 2.24) is 13.7 Å². The molecule has 20 heavy (non-hydrogen) atoms. The lowest BCUT2D eigenvalue weighted by atomic mass is 10.5. The standard InChI is InChI=1S/C11H12N4O2S3/c1-14(7-8-3-2-5-18-8)20(16,17)10-9(12)13-11-15(10)4-6-19-11/h2-6H,7,12H2,1H3. The Balaban J connectivity index is 2.02. The molecule has 6 nitrogen and oxygen atoms in total. The lowest BCUT2D eigenvalue weighted by Gasteiger charge is -2.15. The number of hydrogen-bond donors (Lipinski definition) is 1. The Morgan fingerprint density at radius 2 is 2.20 bits per heavy atom. The SMILES string of the molecule is CN(Cc1cccs1)S(=O)(=O)c1c(N)nc2sccn12. The number of fused-ring (bicyclic) bond motifs is 1. The third-order valence-corrected chi connectivity index (χ3v) is 6.32. The Morgan fingerprint density at radius 3 is 2.90 bits per heavy atom. The maximum atomic E-state index is 12.6. The number of thiazole rings is 1. The zero-order chi connectivity index (χ0) is 14.3. The summed E-state index contributed by atoms with van der Waals surface area (Å²) in [7, 11) is -2.13. The summed E-state index contributed by atoms with van der Waals surface area (Å²) >= 11 is 2.86. The van der Waals surface area contributed by atoms with Gasteiger partial charge in [-0.25, -0.2) is 13.4 Å². The molecule has 0 bridgehead atoms. The highest BCUT2D eigenvalue weighted by Crippen LogP contribution is 2.26. The molecular formula is C11H12N4O2S3. The first-order valence-corrected chi connectivity index (χ1v) is 8.90. The summed E-state index contributed by atoms with van der Waals surface area (Å²) in [6.45, 7) is 0.316. The molecule has 0 aliphatic heterocycles.